The first-order valence-corrected chi connectivity index (χ1v) is 7.51. The summed E-state index contributed by atoms with van der Waals surface area (Å²) in [6, 6.07) is 15.4. The average molecular weight is 296 g/mol. The number of hydrogen-bond donors (Lipinski definition) is 3. The molecule has 0 aliphatic carbocycles. The van der Waals surface area contributed by atoms with Gasteiger partial charge in [0.05, 0.1) is 6.10 Å². The quantitative estimate of drug-likeness (QED) is 0.798. The molecule has 0 aromatic heterocycles. The van der Waals surface area contributed by atoms with Crippen molar-refractivity contribution < 1.29 is 9.90 Å². The zero-order valence-corrected chi connectivity index (χ0v) is 12.3. The second kappa shape index (κ2) is 6.30. The van der Waals surface area contributed by atoms with Gasteiger partial charge >= 0.3 is 0 Å². The van der Waals surface area contributed by atoms with E-state index >= 15 is 0 Å². The molecule has 4 heteroatoms. The molecule has 0 saturated carbocycles. The van der Waals surface area contributed by atoms with Crippen molar-refractivity contribution >= 4 is 5.91 Å². The molecule has 114 valence electrons. The van der Waals surface area contributed by atoms with E-state index in [2.05, 4.69) is 17.4 Å². The zero-order valence-electron chi connectivity index (χ0n) is 12.3. The van der Waals surface area contributed by atoms with E-state index in [-0.39, 0.29) is 6.04 Å². The molecule has 4 nitrogen and oxygen atoms in total. The van der Waals surface area contributed by atoms with Gasteiger partial charge in [-0.2, -0.15) is 0 Å². The lowest BCUT2D eigenvalue weighted by atomic mass is 9.89. The van der Waals surface area contributed by atoms with Crippen molar-refractivity contribution in [2.45, 2.75) is 31.5 Å². The fourth-order valence-corrected chi connectivity index (χ4v) is 3.06. The Kier molecular flexibility index (Phi) is 4.22. The first-order valence-electron chi connectivity index (χ1n) is 7.51. The predicted octanol–water partition coefficient (Wildman–Crippen LogP) is 1.40. The van der Waals surface area contributed by atoms with Crippen molar-refractivity contribution in [1.29, 1.82) is 0 Å². The number of amides is 1. The van der Waals surface area contributed by atoms with E-state index in [1.807, 2.05) is 24.3 Å². The van der Waals surface area contributed by atoms with Crippen LogP contribution in [0.4, 0.5) is 0 Å². The van der Waals surface area contributed by atoms with E-state index in [9.17, 15) is 9.90 Å². The van der Waals surface area contributed by atoms with Crippen LogP contribution in [0.1, 0.15) is 27.0 Å². The summed E-state index contributed by atoms with van der Waals surface area (Å²) in [6.07, 6.45) is 0.642. The summed E-state index contributed by atoms with van der Waals surface area (Å²) in [7, 11) is 0. The molecule has 22 heavy (non-hydrogen) atoms. The Labute approximate surface area is 130 Å². The Morgan fingerprint density at radius 2 is 1.86 bits per heavy atom. The molecule has 2 aromatic rings. The third-order valence-corrected chi connectivity index (χ3v) is 4.29. The molecular weight excluding hydrogens is 276 g/mol. The molecule has 2 aromatic carbocycles. The average Bonchev–Trinajstić information content (AvgIpc) is 2.54. The number of rotatable bonds is 4. The minimum Gasteiger partial charge on any atom is -0.391 e. The lowest BCUT2D eigenvalue weighted by Gasteiger charge is -2.30. The molecule has 0 unspecified atom stereocenters. The Morgan fingerprint density at radius 3 is 2.64 bits per heavy atom. The fourth-order valence-electron chi connectivity index (χ4n) is 3.06. The van der Waals surface area contributed by atoms with Crippen LogP contribution < -0.4 is 11.1 Å². The van der Waals surface area contributed by atoms with Gasteiger partial charge in [0.25, 0.3) is 0 Å². The summed E-state index contributed by atoms with van der Waals surface area (Å²) >= 11 is 0. The van der Waals surface area contributed by atoms with E-state index in [1.165, 1.54) is 11.1 Å². The van der Waals surface area contributed by atoms with Crippen molar-refractivity contribution in [3.8, 4) is 0 Å². The van der Waals surface area contributed by atoms with E-state index < -0.39 is 12.0 Å². The molecule has 2 atom stereocenters. The molecule has 1 aliphatic heterocycles. The van der Waals surface area contributed by atoms with Gasteiger partial charge in [-0.3, -0.25) is 4.79 Å². The maximum absolute atomic E-state index is 11.5. The minimum atomic E-state index is -0.561. The summed E-state index contributed by atoms with van der Waals surface area (Å²) in [5.74, 6) is -0.454. The highest BCUT2D eigenvalue weighted by Crippen LogP contribution is 2.20. The molecule has 3 rings (SSSR count). The number of hydrogen-bond acceptors (Lipinski definition) is 3. The number of aliphatic hydroxyl groups is 1. The molecule has 0 bridgehead atoms. The number of fused-ring (bicyclic) bond motifs is 1. The molecule has 4 N–H and O–H groups in total. The number of aliphatic hydroxyl groups excluding tert-OH is 1. The van der Waals surface area contributed by atoms with Crippen LogP contribution in [0.15, 0.2) is 48.5 Å². The van der Waals surface area contributed by atoms with Crippen LogP contribution in [0.5, 0.6) is 0 Å². The van der Waals surface area contributed by atoms with Crippen molar-refractivity contribution in [1.82, 2.24) is 5.32 Å². The Bertz CT molecular complexity index is 684. The third kappa shape index (κ3) is 3.03. The highest BCUT2D eigenvalue weighted by Gasteiger charge is 2.25. The van der Waals surface area contributed by atoms with E-state index in [1.54, 1.807) is 12.1 Å². The van der Waals surface area contributed by atoms with E-state index in [0.29, 0.717) is 12.0 Å². The first kappa shape index (κ1) is 14.8. The van der Waals surface area contributed by atoms with Gasteiger partial charge < -0.3 is 16.2 Å². The van der Waals surface area contributed by atoms with Crippen LogP contribution in [0.3, 0.4) is 0 Å². The number of primary amides is 1. The Morgan fingerprint density at radius 1 is 1.18 bits per heavy atom. The normalized spacial score (nSPS) is 18.5. The van der Waals surface area contributed by atoms with Gasteiger partial charge in [0.1, 0.15) is 0 Å². The van der Waals surface area contributed by atoms with Crippen LogP contribution in [0, 0.1) is 0 Å². The largest absolute Gasteiger partial charge is 0.391 e. The highest BCUT2D eigenvalue weighted by molar-refractivity contribution is 5.94. The Balaban J connectivity index is 1.74. The molecule has 1 aliphatic rings. The van der Waals surface area contributed by atoms with Crippen molar-refractivity contribution in [2.24, 2.45) is 5.73 Å². The van der Waals surface area contributed by atoms with Gasteiger partial charge in [0.2, 0.25) is 5.91 Å². The van der Waals surface area contributed by atoms with Crippen LogP contribution in [0.25, 0.3) is 0 Å². The highest BCUT2D eigenvalue weighted by atomic mass is 16.3. The molecule has 0 saturated heterocycles. The van der Waals surface area contributed by atoms with E-state index in [4.69, 9.17) is 5.73 Å². The lowest BCUT2D eigenvalue weighted by molar-refractivity contribution is 0.0995. The fraction of sp³-hybridized carbons (Fsp3) is 0.278. The predicted molar refractivity (Wildman–Crippen MR) is 85.4 cm³/mol. The summed E-state index contributed by atoms with van der Waals surface area (Å²) in [5.41, 5.74) is 9.23. The summed E-state index contributed by atoms with van der Waals surface area (Å²) in [5, 5.41) is 13.9. The summed E-state index contributed by atoms with van der Waals surface area (Å²) in [6.45, 7) is 0.759. The van der Waals surface area contributed by atoms with Crippen molar-refractivity contribution in [2.75, 3.05) is 0 Å². The number of nitrogens with one attached hydrogen (secondary N) is 1. The van der Waals surface area contributed by atoms with E-state index in [0.717, 1.165) is 18.5 Å². The lowest BCUT2D eigenvalue weighted by Crippen LogP contribution is -2.45. The summed E-state index contributed by atoms with van der Waals surface area (Å²) in [4.78, 5) is 11.5. The van der Waals surface area contributed by atoms with Gasteiger partial charge in [0, 0.05) is 24.6 Å². The van der Waals surface area contributed by atoms with Crippen LogP contribution in [-0.4, -0.2) is 23.2 Å². The van der Waals surface area contributed by atoms with Gasteiger partial charge in [0.15, 0.2) is 0 Å². The maximum atomic E-state index is 11.5. The number of carbonyl (C=O) groups is 1. The van der Waals surface area contributed by atoms with Crippen LogP contribution in [-0.2, 0) is 19.4 Å². The topological polar surface area (TPSA) is 75.4 Å². The molecule has 0 spiro atoms. The third-order valence-electron chi connectivity index (χ3n) is 4.29. The van der Waals surface area contributed by atoms with Gasteiger partial charge in [-0.15, -0.1) is 0 Å². The Hall–Kier alpha value is -2.17. The molecule has 1 heterocycles. The molecule has 1 amide bonds. The number of benzene rings is 2. The monoisotopic (exact) mass is 296 g/mol. The SMILES string of the molecule is NC(=O)c1ccccc1C[C@H](O)[C@H]1Cc2ccccc2CN1. The molecular formula is C18H20N2O2. The number of nitrogens with two attached hydrogens (primary N) is 1. The second-order valence-corrected chi connectivity index (χ2v) is 5.75. The first-order chi connectivity index (χ1) is 10.6. The van der Waals surface area contributed by atoms with Gasteiger partial charge in [-0.1, -0.05) is 42.5 Å². The zero-order chi connectivity index (χ0) is 15.5. The maximum Gasteiger partial charge on any atom is 0.248 e. The molecule has 0 radical (unpaired) electrons. The standard InChI is InChI=1S/C18H20N2O2/c19-18(22)15-8-4-3-6-13(15)10-17(21)16-9-12-5-1-2-7-14(12)11-20-16/h1-8,16-17,20-21H,9-11H2,(H2,19,22)/t16-,17+/m1/s1. The smallest absolute Gasteiger partial charge is 0.248 e. The number of carbonyl (C=O) groups excluding carboxylic acids is 1. The minimum absolute atomic E-state index is 0.0177. The van der Waals surface area contributed by atoms with Crippen molar-refractivity contribution in [3.63, 3.8) is 0 Å². The van der Waals surface area contributed by atoms with Gasteiger partial charge in [-0.05, 0) is 29.2 Å². The van der Waals surface area contributed by atoms with Crippen LogP contribution >= 0.6 is 0 Å². The van der Waals surface area contributed by atoms with Crippen LogP contribution in [0.2, 0.25) is 0 Å². The molecule has 0 fully saturated rings. The summed E-state index contributed by atoms with van der Waals surface area (Å²) < 4.78 is 0. The van der Waals surface area contributed by atoms with Crippen molar-refractivity contribution in [3.05, 3.63) is 70.8 Å². The van der Waals surface area contributed by atoms with Gasteiger partial charge in [-0.25, -0.2) is 0 Å². The second-order valence-electron chi connectivity index (χ2n) is 5.75.